The van der Waals surface area contributed by atoms with Crippen LogP contribution in [0, 0.1) is 0 Å². The van der Waals surface area contributed by atoms with Crippen LogP contribution in [0.25, 0.3) is 0 Å². The van der Waals surface area contributed by atoms with E-state index in [9.17, 15) is 8.78 Å². The van der Waals surface area contributed by atoms with Gasteiger partial charge in [-0.05, 0) is 24.6 Å². The van der Waals surface area contributed by atoms with Crippen LogP contribution in [0.2, 0.25) is 5.02 Å². The lowest BCUT2D eigenvalue weighted by Crippen LogP contribution is -2.20. The number of alkyl halides is 2. The SMILES string of the molecule is C[C@H](NCc1nccn1C(F)F)c1ccc(Cl)cc1. The molecular formula is C13H14ClF2N3. The quantitative estimate of drug-likeness (QED) is 0.906. The van der Waals surface area contributed by atoms with Gasteiger partial charge >= 0.3 is 6.55 Å². The number of aromatic nitrogens is 2. The van der Waals surface area contributed by atoms with Crippen molar-refractivity contribution in [2.24, 2.45) is 0 Å². The molecule has 1 aromatic carbocycles. The normalized spacial score (nSPS) is 12.9. The predicted molar refractivity (Wildman–Crippen MR) is 70.2 cm³/mol. The van der Waals surface area contributed by atoms with E-state index >= 15 is 0 Å². The first-order valence-corrected chi connectivity index (χ1v) is 6.24. The Kier molecular flexibility index (Phi) is 4.50. The lowest BCUT2D eigenvalue weighted by atomic mass is 10.1. The van der Waals surface area contributed by atoms with Gasteiger partial charge in [-0.2, -0.15) is 8.78 Å². The van der Waals surface area contributed by atoms with Crippen molar-refractivity contribution in [1.82, 2.24) is 14.9 Å². The van der Waals surface area contributed by atoms with E-state index in [2.05, 4.69) is 10.3 Å². The first kappa shape index (κ1) is 14.0. The molecule has 0 amide bonds. The zero-order valence-corrected chi connectivity index (χ0v) is 11.1. The maximum Gasteiger partial charge on any atom is 0.319 e. The third-order valence-corrected chi connectivity index (χ3v) is 3.15. The average Bonchev–Trinajstić information content (AvgIpc) is 2.85. The maximum atomic E-state index is 12.6. The molecule has 0 saturated heterocycles. The number of halogens is 3. The highest BCUT2D eigenvalue weighted by Gasteiger charge is 2.12. The van der Waals surface area contributed by atoms with Crippen molar-refractivity contribution in [2.75, 3.05) is 0 Å². The van der Waals surface area contributed by atoms with Gasteiger partial charge in [0.2, 0.25) is 0 Å². The first-order chi connectivity index (χ1) is 9.08. The van der Waals surface area contributed by atoms with Gasteiger partial charge in [0.15, 0.2) is 0 Å². The summed E-state index contributed by atoms with van der Waals surface area (Å²) < 4.78 is 26.1. The fraction of sp³-hybridized carbons (Fsp3) is 0.308. The Balaban J connectivity index is 1.98. The summed E-state index contributed by atoms with van der Waals surface area (Å²) in [6.45, 7) is -0.329. The molecule has 0 aliphatic rings. The van der Waals surface area contributed by atoms with E-state index in [1.54, 1.807) is 12.1 Å². The molecule has 0 unspecified atom stereocenters. The molecule has 2 aromatic rings. The molecule has 0 radical (unpaired) electrons. The molecule has 0 aliphatic heterocycles. The summed E-state index contributed by atoms with van der Waals surface area (Å²) >= 11 is 5.81. The van der Waals surface area contributed by atoms with Crippen LogP contribution in [0.4, 0.5) is 8.78 Å². The molecule has 0 spiro atoms. The minimum atomic E-state index is -2.56. The number of rotatable bonds is 5. The molecule has 102 valence electrons. The van der Waals surface area contributed by atoms with Gasteiger partial charge < -0.3 is 5.32 Å². The molecule has 0 aliphatic carbocycles. The Bertz CT molecular complexity index is 525. The molecule has 2 rings (SSSR count). The fourth-order valence-corrected chi connectivity index (χ4v) is 1.90. The third kappa shape index (κ3) is 3.52. The molecular weight excluding hydrogens is 272 g/mol. The van der Waals surface area contributed by atoms with Gasteiger partial charge in [0.25, 0.3) is 0 Å². The smallest absolute Gasteiger partial charge is 0.303 e. The summed E-state index contributed by atoms with van der Waals surface area (Å²) in [5.74, 6) is 0.316. The lowest BCUT2D eigenvalue weighted by Gasteiger charge is -2.14. The summed E-state index contributed by atoms with van der Waals surface area (Å²) in [6.07, 6.45) is 2.64. The topological polar surface area (TPSA) is 29.9 Å². The van der Waals surface area contributed by atoms with Crippen molar-refractivity contribution in [3.8, 4) is 0 Å². The maximum absolute atomic E-state index is 12.6. The van der Waals surface area contributed by atoms with E-state index in [-0.39, 0.29) is 12.6 Å². The van der Waals surface area contributed by atoms with Crippen molar-refractivity contribution in [2.45, 2.75) is 26.1 Å². The van der Waals surface area contributed by atoms with Crippen LogP contribution in [0.1, 0.15) is 30.9 Å². The van der Waals surface area contributed by atoms with Gasteiger partial charge in [0, 0.05) is 23.5 Å². The van der Waals surface area contributed by atoms with Gasteiger partial charge in [-0.15, -0.1) is 0 Å². The molecule has 1 aromatic heterocycles. The van der Waals surface area contributed by atoms with E-state index < -0.39 is 6.55 Å². The summed E-state index contributed by atoms with van der Waals surface area (Å²) in [4.78, 5) is 3.92. The monoisotopic (exact) mass is 285 g/mol. The average molecular weight is 286 g/mol. The number of nitrogens with one attached hydrogen (secondary N) is 1. The van der Waals surface area contributed by atoms with Crippen LogP contribution in [-0.4, -0.2) is 9.55 Å². The number of nitrogens with zero attached hydrogens (tertiary/aromatic N) is 2. The van der Waals surface area contributed by atoms with Crippen LogP contribution >= 0.6 is 11.6 Å². The van der Waals surface area contributed by atoms with Gasteiger partial charge in [-0.1, -0.05) is 23.7 Å². The number of hydrogen-bond donors (Lipinski definition) is 1. The molecule has 6 heteroatoms. The largest absolute Gasteiger partial charge is 0.319 e. The number of hydrogen-bond acceptors (Lipinski definition) is 2. The van der Waals surface area contributed by atoms with E-state index in [1.165, 1.54) is 12.4 Å². The second-order valence-electron chi connectivity index (χ2n) is 4.18. The van der Waals surface area contributed by atoms with Crippen LogP contribution in [0.15, 0.2) is 36.7 Å². The lowest BCUT2D eigenvalue weighted by molar-refractivity contribution is 0.0665. The first-order valence-electron chi connectivity index (χ1n) is 5.86. The summed E-state index contributed by atoms with van der Waals surface area (Å²) in [5, 5.41) is 3.83. The number of benzene rings is 1. The van der Waals surface area contributed by atoms with Crippen molar-refractivity contribution in [3.63, 3.8) is 0 Å². The molecule has 19 heavy (non-hydrogen) atoms. The molecule has 0 fully saturated rings. The Morgan fingerprint density at radius 2 is 2.00 bits per heavy atom. The molecule has 3 nitrogen and oxygen atoms in total. The van der Waals surface area contributed by atoms with Crippen molar-refractivity contribution >= 4 is 11.6 Å². The fourth-order valence-electron chi connectivity index (χ4n) is 1.77. The number of imidazole rings is 1. The van der Waals surface area contributed by atoms with E-state index in [1.807, 2.05) is 19.1 Å². The second-order valence-corrected chi connectivity index (χ2v) is 4.62. The highest BCUT2D eigenvalue weighted by atomic mass is 35.5. The predicted octanol–water partition coefficient (Wildman–Crippen LogP) is 3.78. The van der Waals surface area contributed by atoms with Crippen molar-refractivity contribution < 1.29 is 8.78 Å². The molecule has 1 heterocycles. The Hall–Kier alpha value is -1.46. The van der Waals surface area contributed by atoms with Crippen LogP contribution in [0.3, 0.4) is 0 Å². The second kappa shape index (κ2) is 6.12. The van der Waals surface area contributed by atoms with E-state index in [0.717, 1.165) is 10.1 Å². The summed E-state index contributed by atoms with van der Waals surface area (Å²) in [5.41, 5.74) is 1.04. The van der Waals surface area contributed by atoms with Crippen molar-refractivity contribution in [3.05, 3.63) is 53.1 Å². The molecule has 0 saturated carbocycles. The van der Waals surface area contributed by atoms with Crippen LogP contribution < -0.4 is 5.32 Å². The van der Waals surface area contributed by atoms with E-state index in [4.69, 9.17) is 11.6 Å². The standard InChI is InChI=1S/C13H14ClF2N3/c1-9(10-2-4-11(14)5-3-10)18-8-12-17-6-7-19(12)13(15)16/h2-7,9,13,18H,8H2,1H3/t9-/m0/s1. The minimum absolute atomic E-state index is 0.0279. The molecule has 1 atom stereocenters. The highest BCUT2D eigenvalue weighted by Crippen LogP contribution is 2.17. The van der Waals surface area contributed by atoms with Crippen LogP contribution in [0.5, 0.6) is 0 Å². The van der Waals surface area contributed by atoms with Crippen molar-refractivity contribution in [1.29, 1.82) is 0 Å². The minimum Gasteiger partial charge on any atom is -0.303 e. The zero-order chi connectivity index (χ0) is 13.8. The van der Waals surface area contributed by atoms with Gasteiger partial charge in [0.05, 0.1) is 6.54 Å². The Morgan fingerprint density at radius 3 is 2.63 bits per heavy atom. The Morgan fingerprint density at radius 1 is 1.32 bits per heavy atom. The Labute approximate surface area is 115 Å². The van der Waals surface area contributed by atoms with Crippen LogP contribution in [-0.2, 0) is 6.54 Å². The summed E-state index contributed by atoms with van der Waals surface area (Å²) in [7, 11) is 0. The third-order valence-electron chi connectivity index (χ3n) is 2.90. The van der Waals surface area contributed by atoms with Gasteiger partial charge in [0.1, 0.15) is 5.82 Å². The molecule has 1 N–H and O–H groups in total. The van der Waals surface area contributed by atoms with Gasteiger partial charge in [-0.25, -0.2) is 4.98 Å². The molecule has 0 bridgehead atoms. The zero-order valence-electron chi connectivity index (χ0n) is 10.4. The van der Waals surface area contributed by atoms with Gasteiger partial charge in [-0.3, -0.25) is 4.57 Å². The highest BCUT2D eigenvalue weighted by molar-refractivity contribution is 6.30. The van der Waals surface area contributed by atoms with E-state index in [0.29, 0.717) is 10.8 Å². The summed E-state index contributed by atoms with van der Waals surface area (Å²) in [6, 6.07) is 7.43.